The summed E-state index contributed by atoms with van der Waals surface area (Å²) in [6.07, 6.45) is 3.49. The van der Waals surface area contributed by atoms with Crippen molar-refractivity contribution >= 4 is 34.5 Å². The highest BCUT2D eigenvalue weighted by Gasteiger charge is 2.49. The molecular weight excluding hydrogens is 488 g/mol. The van der Waals surface area contributed by atoms with Gasteiger partial charge in [-0.25, -0.2) is 8.42 Å². The second-order valence-corrected chi connectivity index (χ2v) is 16.0. The lowest BCUT2D eigenvalue weighted by Crippen LogP contribution is -2.66. The van der Waals surface area contributed by atoms with Crippen LogP contribution >= 0.6 is 0 Å². The number of esters is 1. The molecule has 3 rings (SSSR count). The monoisotopic (exact) mass is 522 g/mol. The van der Waals surface area contributed by atoms with Crippen molar-refractivity contribution in [2.45, 2.75) is 42.4 Å². The minimum Gasteiger partial charge on any atom is -0.468 e. The standard InChI is InChI=1S/C29H34O5SSi/c1-29(2,3)36(25-18-10-6-11-19-25,26-20-12-7-13-21-26)34-23-15-14-22-27(28(30)33-4)35(31,32)24-16-8-5-9-17-24/h5-21,27H,22-23H2,1-4H3/b15-14+. The number of rotatable bonds is 10. The van der Waals surface area contributed by atoms with Gasteiger partial charge < -0.3 is 9.16 Å². The van der Waals surface area contributed by atoms with Gasteiger partial charge in [0, 0.05) is 0 Å². The molecule has 0 aliphatic rings. The molecule has 0 aliphatic heterocycles. The van der Waals surface area contributed by atoms with Crippen LogP contribution in [0.5, 0.6) is 0 Å². The van der Waals surface area contributed by atoms with Crippen LogP contribution in [-0.2, 0) is 23.8 Å². The van der Waals surface area contributed by atoms with Gasteiger partial charge in [0.1, 0.15) is 0 Å². The van der Waals surface area contributed by atoms with Gasteiger partial charge in [0.25, 0.3) is 8.32 Å². The van der Waals surface area contributed by atoms with Crippen LogP contribution in [0.1, 0.15) is 27.2 Å². The molecule has 0 heterocycles. The van der Waals surface area contributed by atoms with E-state index >= 15 is 0 Å². The topological polar surface area (TPSA) is 69.7 Å². The van der Waals surface area contributed by atoms with Crippen molar-refractivity contribution < 1.29 is 22.4 Å². The molecule has 0 N–H and O–H groups in total. The van der Waals surface area contributed by atoms with Gasteiger partial charge in [-0.05, 0) is 34.0 Å². The molecule has 3 aromatic carbocycles. The Hall–Kier alpha value is -3.00. The third-order valence-corrected chi connectivity index (χ3v) is 13.3. The van der Waals surface area contributed by atoms with E-state index in [0.717, 1.165) is 10.4 Å². The van der Waals surface area contributed by atoms with E-state index in [0.29, 0.717) is 0 Å². The molecule has 190 valence electrons. The second-order valence-electron chi connectivity index (χ2n) is 9.55. The van der Waals surface area contributed by atoms with E-state index in [9.17, 15) is 13.2 Å². The highest BCUT2D eigenvalue weighted by molar-refractivity contribution is 7.92. The molecule has 0 saturated carbocycles. The summed E-state index contributed by atoms with van der Waals surface area (Å²) in [6, 6.07) is 28.6. The van der Waals surface area contributed by atoms with Gasteiger partial charge >= 0.3 is 5.97 Å². The van der Waals surface area contributed by atoms with Crippen LogP contribution in [0.15, 0.2) is 108 Å². The largest absolute Gasteiger partial charge is 0.468 e. The Bertz CT molecular complexity index is 1210. The van der Waals surface area contributed by atoms with Gasteiger partial charge in [-0.1, -0.05) is 112 Å². The summed E-state index contributed by atoms with van der Waals surface area (Å²) in [5.41, 5.74) is 0. The molecule has 1 unspecified atom stereocenters. The molecule has 1 atom stereocenters. The van der Waals surface area contributed by atoms with Gasteiger partial charge in [-0.15, -0.1) is 0 Å². The summed E-state index contributed by atoms with van der Waals surface area (Å²) in [5, 5.41) is 0.829. The Morgan fingerprint density at radius 2 is 1.31 bits per heavy atom. The van der Waals surface area contributed by atoms with E-state index in [1.165, 1.54) is 19.2 Å². The third-order valence-electron chi connectivity index (χ3n) is 6.24. The van der Waals surface area contributed by atoms with E-state index in [1.54, 1.807) is 30.4 Å². The molecule has 36 heavy (non-hydrogen) atoms. The summed E-state index contributed by atoms with van der Waals surface area (Å²) in [5.74, 6) is -0.781. The van der Waals surface area contributed by atoms with Crippen LogP contribution in [0.2, 0.25) is 5.04 Å². The van der Waals surface area contributed by atoms with E-state index < -0.39 is 29.4 Å². The zero-order chi connectivity index (χ0) is 26.2. The predicted molar refractivity (Wildman–Crippen MR) is 147 cm³/mol. The number of hydrogen-bond donors (Lipinski definition) is 0. The Kier molecular flexibility index (Phi) is 9.06. The zero-order valence-electron chi connectivity index (χ0n) is 21.3. The number of allylic oxidation sites excluding steroid dienone is 1. The van der Waals surface area contributed by atoms with Crippen molar-refractivity contribution in [1.82, 2.24) is 0 Å². The molecule has 7 heteroatoms. The molecule has 0 radical (unpaired) electrons. The summed E-state index contributed by atoms with van der Waals surface area (Å²) < 4.78 is 37.8. The van der Waals surface area contributed by atoms with Crippen molar-refractivity contribution in [2.24, 2.45) is 0 Å². The number of ether oxygens (including phenoxy) is 1. The quantitative estimate of drug-likeness (QED) is 0.222. The number of carbonyl (C=O) groups is 1. The van der Waals surface area contributed by atoms with Crippen molar-refractivity contribution in [2.75, 3.05) is 13.7 Å². The summed E-state index contributed by atoms with van der Waals surface area (Å²) in [6.45, 7) is 6.88. The van der Waals surface area contributed by atoms with Crippen LogP contribution in [-0.4, -0.2) is 41.7 Å². The fourth-order valence-corrected chi connectivity index (χ4v) is 10.6. The number of benzene rings is 3. The number of methoxy groups -OCH3 is 1. The minimum absolute atomic E-state index is 0.00594. The van der Waals surface area contributed by atoms with Crippen LogP contribution in [0.25, 0.3) is 0 Å². The number of sulfone groups is 1. The number of carbonyl (C=O) groups excluding carboxylic acids is 1. The molecule has 0 spiro atoms. The van der Waals surface area contributed by atoms with Crippen LogP contribution in [0, 0.1) is 0 Å². The van der Waals surface area contributed by atoms with Gasteiger partial charge in [0.05, 0.1) is 18.6 Å². The average Bonchev–Trinajstić information content (AvgIpc) is 2.88. The molecule has 0 aromatic heterocycles. The highest BCUT2D eigenvalue weighted by Crippen LogP contribution is 2.36. The number of hydrogen-bond acceptors (Lipinski definition) is 5. The molecule has 0 fully saturated rings. The SMILES string of the molecule is COC(=O)C(C/C=C/CO[Si](c1ccccc1)(c1ccccc1)C(C)(C)C)S(=O)(=O)c1ccccc1. The van der Waals surface area contributed by atoms with Crippen LogP contribution in [0.4, 0.5) is 0 Å². The smallest absolute Gasteiger partial charge is 0.324 e. The molecule has 0 bridgehead atoms. The van der Waals surface area contributed by atoms with Gasteiger partial charge in [0.15, 0.2) is 15.1 Å². The minimum atomic E-state index is -3.90. The Morgan fingerprint density at radius 1 is 0.833 bits per heavy atom. The molecule has 0 aliphatic carbocycles. The normalized spacial score (nSPS) is 13.4. The molecule has 0 saturated heterocycles. The first-order valence-corrected chi connectivity index (χ1v) is 15.4. The zero-order valence-corrected chi connectivity index (χ0v) is 23.1. The lowest BCUT2D eigenvalue weighted by molar-refractivity contribution is -0.140. The van der Waals surface area contributed by atoms with Crippen molar-refractivity contribution in [1.29, 1.82) is 0 Å². The molecular formula is C29H34O5SSi. The lowest BCUT2D eigenvalue weighted by atomic mass is 10.2. The van der Waals surface area contributed by atoms with Gasteiger partial charge in [0.2, 0.25) is 0 Å². The van der Waals surface area contributed by atoms with Crippen molar-refractivity contribution in [3.8, 4) is 0 Å². The maximum Gasteiger partial charge on any atom is 0.324 e. The van der Waals surface area contributed by atoms with E-state index in [1.807, 2.05) is 36.4 Å². The summed E-state index contributed by atoms with van der Waals surface area (Å²) >= 11 is 0. The third kappa shape index (κ3) is 5.86. The van der Waals surface area contributed by atoms with Crippen LogP contribution in [0.3, 0.4) is 0 Å². The predicted octanol–water partition coefficient (Wildman–Crippen LogP) is 4.52. The first-order chi connectivity index (χ1) is 17.1. The highest BCUT2D eigenvalue weighted by atomic mass is 32.2. The fraction of sp³-hybridized carbons (Fsp3) is 0.276. The Balaban J connectivity index is 1.87. The van der Waals surface area contributed by atoms with E-state index in [-0.39, 0.29) is 23.0 Å². The Labute approximate surface area is 215 Å². The molecule has 0 amide bonds. The molecule has 5 nitrogen and oxygen atoms in total. The van der Waals surface area contributed by atoms with Crippen LogP contribution < -0.4 is 10.4 Å². The maximum atomic E-state index is 13.1. The van der Waals surface area contributed by atoms with Gasteiger partial charge in [-0.3, -0.25) is 4.79 Å². The van der Waals surface area contributed by atoms with Crippen molar-refractivity contribution in [3.05, 3.63) is 103 Å². The first-order valence-electron chi connectivity index (χ1n) is 11.9. The average molecular weight is 523 g/mol. The Morgan fingerprint density at radius 3 is 1.75 bits per heavy atom. The second kappa shape index (κ2) is 11.8. The maximum absolute atomic E-state index is 13.1. The van der Waals surface area contributed by atoms with Crippen molar-refractivity contribution in [3.63, 3.8) is 0 Å². The summed E-state index contributed by atoms with van der Waals surface area (Å²) in [7, 11) is -5.40. The lowest BCUT2D eigenvalue weighted by Gasteiger charge is -2.42. The van der Waals surface area contributed by atoms with E-state index in [2.05, 4.69) is 45.0 Å². The van der Waals surface area contributed by atoms with E-state index in [4.69, 9.17) is 9.16 Å². The first kappa shape index (κ1) is 27.6. The summed E-state index contributed by atoms with van der Waals surface area (Å²) in [4.78, 5) is 12.5. The van der Waals surface area contributed by atoms with Gasteiger partial charge in [-0.2, -0.15) is 0 Å². The molecule has 3 aromatic rings. The fourth-order valence-electron chi connectivity index (χ4n) is 4.48.